The van der Waals surface area contributed by atoms with Crippen LogP contribution in [0.5, 0.6) is 5.75 Å². The van der Waals surface area contributed by atoms with E-state index in [0.717, 1.165) is 14.7 Å². The fourth-order valence-corrected chi connectivity index (χ4v) is 8.34. The fourth-order valence-electron chi connectivity index (χ4n) is 6.58. The molecule has 0 aliphatic carbocycles. The smallest absolute Gasteiger partial charge is 0.238 e. The average Bonchev–Trinajstić information content (AvgIpc) is 3.21. The molecule has 0 bridgehead atoms. The predicted molar refractivity (Wildman–Crippen MR) is 171 cm³/mol. The summed E-state index contributed by atoms with van der Waals surface area (Å²) in [6.45, 7) is 0.724. The lowest BCUT2D eigenvalue weighted by molar-refractivity contribution is -0.131. The van der Waals surface area contributed by atoms with Crippen molar-refractivity contribution >= 4 is 73.3 Å². The first-order valence-electron chi connectivity index (χ1n) is 13.5. The lowest BCUT2D eigenvalue weighted by atomic mass is 9.59. The molecule has 3 aromatic rings. The van der Waals surface area contributed by atoms with Gasteiger partial charge in [-0.15, -0.1) is 0 Å². The maximum Gasteiger partial charge on any atom is 0.238 e. The van der Waals surface area contributed by atoms with Crippen molar-refractivity contribution < 1.29 is 22.7 Å². The summed E-state index contributed by atoms with van der Waals surface area (Å²) in [6, 6.07) is 17.6. The van der Waals surface area contributed by atoms with E-state index in [9.17, 15) is 18.0 Å². The molecule has 3 heterocycles. The van der Waals surface area contributed by atoms with Crippen LogP contribution in [0.2, 0.25) is 10.0 Å². The van der Waals surface area contributed by atoms with E-state index in [0.29, 0.717) is 53.0 Å². The molecule has 0 aromatic heterocycles. The zero-order valence-corrected chi connectivity index (χ0v) is 27.1. The highest BCUT2D eigenvalue weighted by atomic mass is 127. The summed E-state index contributed by atoms with van der Waals surface area (Å²) in [5, 5.41) is 7.21. The highest BCUT2D eigenvalue weighted by molar-refractivity contribution is 14.1. The van der Waals surface area contributed by atoms with Crippen LogP contribution < -0.4 is 15.4 Å². The number of benzene rings is 3. The second-order valence-electron chi connectivity index (χ2n) is 11.0. The van der Waals surface area contributed by atoms with Crippen molar-refractivity contribution in [2.75, 3.05) is 24.7 Å². The SMILES string of the molecule is CS(=O)(=O)N1CCC(Oc2ccc(I)cc2C2NC(=O)CC(c3cccc(Cl)c3)C23C(=O)Nc2cc(Cl)ccc23)CC1. The number of amides is 2. The highest BCUT2D eigenvalue weighted by Crippen LogP contribution is 2.58. The molecule has 42 heavy (non-hydrogen) atoms. The van der Waals surface area contributed by atoms with Crippen LogP contribution >= 0.6 is 45.8 Å². The Morgan fingerprint density at radius 2 is 1.74 bits per heavy atom. The van der Waals surface area contributed by atoms with Gasteiger partial charge in [-0.3, -0.25) is 9.59 Å². The van der Waals surface area contributed by atoms with Crippen LogP contribution in [-0.4, -0.2) is 50.0 Å². The van der Waals surface area contributed by atoms with Gasteiger partial charge in [-0.1, -0.05) is 41.4 Å². The number of sulfonamides is 1. The van der Waals surface area contributed by atoms with Crippen molar-refractivity contribution in [2.24, 2.45) is 0 Å². The normalized spacial score (nSPS) is 24.8. The van der Waals surface area contributed by atoms with Gasteiger partial charge in [0.2, 0.25) is 21.8 Å². The zero-order chi connectivity index (χ0) is 29.8. The molecule has 8 nitrogen and oxygen atoms in total. The molecule has 3 atom stereocenters. The van der Waals surface area contributed by atoms with Gasteiger partial charge < -0.3 is 15.4 Å². The van der Waals surface area contributed by atoms with Crippen LogP contribution in [0.25, 0.3) is 0 Å². The van der Waals surface area contributed by atoms with E-state index in [1.165, 1.54) is 10.6 Å². The zero-order valence-electron chi connectivity index (χ0n) is 22.6. The van der Waals surface area contributed by atoms with Gasteiger partial charge in [0.15, 0.2) is 0 Å². The number of hydrogen-bond acceptors (Lipinski definition) is 5. The lowest BCUT2D eigenvalue weighted by Crippen LogP contribution is -2.57. The monoisotopic (exact) mass is 739 g/mol. The second kappa shape index (κ2) is 11.3. The number of carbonyl (C=O) groups excluding carboxylic acids is 2. The minimum Gasteiger partial charge on any atom is -0.490 e. The third-order valence-corrected chi connectivity index (χ3v) is 10.9. The maximum absolute atomic E-state index is 14.4. The minimum atomic E-state index is -3.28. The van der Waals surface area contributed by atoms with Crippen molar-refractivity contribution in [3.05, 3.63) is 91.0 Å². The first-order valence-corrected chi connectivity index (χ1v) is 17.2. The molecule has 3 aliphatic rings. The Hall–Kier alpha value is -2.38. The molecular weight excluding hydrogens is 712 g/mol. The quantitative estimate of drug-likeness (QED) is 0.330. The maximum atomic E-state index is 14.4. The summed E-state index contributed by atoms with van der Waals surface area (Å²) in [5.41, 5.74) is 1.55. The van der Waals surface area contributed by atoms with Crippen LogP contribution in [0, 0.1) is 3.57 Å². The van der Waals surface area contributed by atoms with Crippen LogP contribution in [0.4, 0.5) is 5.69 Å². The molecule has 3 aromatic carbocycles. The molecule has 0 radical (unpaired) electrons. The van der Waals surface area contributed by atoms with Crippen molar-refractivity contribution in [2.45, 2.75) is 42.7 Å². The molecule has 1 spiro atoms. The Labute approximate surface area is 268 Å². The van der Waals surface area contributed by atoms with Gasteiger partial charge in [-0.25, -0.2) is 12.7 Å². The third-order valence-electron chi connectivity index (χ3n) is 8.45. The number of nitrogens with one attached hydrogen (secondary N) is 2. The van der Waals surface area contributed by atoms with E-state index >= 15 is 0 Å². The lowest BCUT2D eigenvalue weighted by Gasteiger charge is -2.47. The number of ether oxygens (including phenoxy) is 1. The molecule has 0 saturated carbocycles. The Kier molecular flexibility index (Phi) is 7.97. The number of rotatable bonds is 5. The van der Waals surface area contributed by atoms with Gasteiger partial charge >= 0.3 is 0 Å². The number of carbonyl (C=O) groups is 2. The molecular formula is C30H28Cl2IN3O5S. The van der Waals surface area contributed by atoms with Gasteiger partial charge in [0.05, 0.1) is 12.3 Å². The molecule has 12 heteroatoms. The molecule has 6 rings (SSSR count). The Bertz CT molecular complexity index is 1700. The molecule has 220 valence electrons. The van der Waals surface area contributed by atoms with Gasteiger partial charge in [0, 0.05) is 50.3 Å². The average molecular weight is 740 g/mol. The summed E-state index contributed by atoms with van der Waals surface area (Å²) in [5.74, 6) is -0.445. The molecule has 2 fully saturated rings. The topological polar surface area (TPSA) is 105 Å². The molecule has 2 saturated heterocycles. The molecule has 3 aliphatic heterocycles. The van der Waals surface area contributed by atoms with Crippen molar-refractivity contribution in [1.29, 1.82) is 0 Å². The van der Waals surface area contributed by atoms with Gasteiger partial charge in [-0.2, -0.15) is 0 Å². The van der Waals surface area contributed by atoms with Crippen LogP contribution in [0.1, 0.15) is 47.9 Å². The number of piperidine rings is 2. The fraction of sp³-hybridized carbons (Fsp3) is 0.333. The Morgan fingerprint density at radius 3 is 2.45 bits per heavy atom. The summed E-state index contributed by atoms with van der Waals surface area (Å²) < 4.78 is 33.0. The van der Waals surface area contributed by atoms with E-state index in [1.54, 1.807) is 18.2 Å². The van der Waals surface area contributed by atoms with E-state index in [-0.39, 0.29) is 24.3 Å². The third kappa shape index (κ3) is 5.29. The van der Waals surface area contributed by atoms with Crippen molar-refractivity contribution in [1.82, 2.24) is 9.62 Å². The first kappa shape index (κ1) is 29.7. The highest BCUT2D eigenvalue weighted by Gasteiger charge is 2.61. The number of anilines is 1. The van der Waals surface area contributed by atoms with E-state index in [1.807, 2.05) is 42.5 Å². The number of nitrogens with zero attached hydrogens (tertiary/aromatic N) is 1. The van der Waals surface area contributed by atoms with Crippen LogP contribution in [0.15, 0.2) is 60.7 Å². The molecule has 3 unspecified atom stereocenters. The van der Waals surface area contributed by atoms with Crippen LogP contribution in [-0.2, 0) is 25.0 Å². The second-order valence-corrected chi connectivity index (χ2v) is 15.1. The van der Waals surface area contributed by atoms with Gasteiger partial charge in [-0.05, 0) is 89.0 Å². The Morgan fingerprint density at radius 1 is 1.00 bits per heavy atom. The Balaban J connectivity index is 1.49. The minimum absolute atomic E-state index is 0.0798. The van der Waals surface area contributed by atoms with Crippen molar-refractivity contribution in [3.63, 3.8) is 0 Å². The van der Waals surface area contributed by atoms with E-state index in [4.69, 9.17) is 27.9 Å². The van der Waals surface area contributed by atoms with Crippen molar-refractivity contribution in [3.8, 4) is 5.75 Å². The van der Waals surface area contributed by atoms with Gasteiger partial charge in [0.25, 0.3) is 0 Å². The largest absolute Gasteiger partial charge is 0.490 e. The summed E-state index contributed by atoms with van der Waals surface area (Å²) in [6.07, 6.45) is 2.10. The predicted octanol–water partition coefficient (Wildman–Crippen LogP) is 5.64. The van der Waals surface area contributed by atoms with E-state index < -0.39 is 27.4 Å². The summed E-state index contributed by atoms with van der Waals surface area (Å²) >= 11 is 15.0. The van der Waals surface area contributed by atoms with Gasteiger partial charge in [0.1, 0.15) is 17.3 Å². The standard InChI is InChI=1S/C30H28Cl2IN3O5S/c1-42(39,40)36-11-9-21(10-12-36)41-26-8-6-20(33)15-22(26)28-30(23-7-5-19(32)14-25(23)34-29(30)38)24(16-27(37)35-28)17-3-2-4-18(31)13-17/h2-8,13-15,21,24,28H,9-12,16H2,1H3,(H,34,38)(H,35,37). The number of halogens is 3. The molecule has 2 amide bonds. The number of fused-ring (bicyclic) bond motifs is 2. The summed E-state index contributed by atoms with van der Waals surface area (Å²) in [7, 11) is -3.28. The summed E-state index contributed by atoms with van der Waals surface area (Å²) in [4.78, 5) is 27.8. The first-order chi connectivity index (χ1) is 20.0. The molecule has 2 N–H and O–H groups in total. The van der Waals surface area contributed by atoms with Crippen LogP contribution in [0.3, 0.4) is 0 Å². The van der Waals surface area contributed by atoms with E-state index in [2.05, 4.69) is 33.2 Å². The number of hydrogen-bond donors (Lipinski definition) is 2.